The number of anilines is 2. The molecule has 0 radical (unpaired) electrons. The van der Waals surface area contributed by atoms with Crippen molar-refractivity contribution in [3.8, 4) is 0 Å². The molecule has 1 amide bonds. The monoisotopic (exact) mass is 318 g/mol. The highest BCUT2D eigenvalue weighted by atomic mass is 16.2. The Balaban J connectivity index is 1.73. The summed E-state index contributed by atoms with van der Waals surface area (Å²) in [5, 5.41) is 0. The summed E-state index contributed by atoms with van der Waals surface area (Å²) in [6.45, 7) is 3.98. The molecule has 3 rings (SSSR count). The average Bonchev–Trinajstić information content (AvgIpc) is 2.57. The van der Waals surface area contributed by atoms with Gasteiger partial charge in [0, 0.05) is 45.3 Å². The molecule has 0 bridgehead atoms. The highest BCUT2D eigenvalue weighted by Crippen LogP contribution is 2.23. The Kier molecular flexibility index (Phi) is 4.66. The molecule has 2 saturated heterocycles. The molecule has 1 aromatic rings. The molecule has 1 aromatic heterocycles. The van der Waals surface area contributed by atoms with Crippen LogP contribution in [0, 0.1) is 0 Å². The molecule has 2 aliphatic rings. The predicted molar refractivity (Wildman–Crippen MR) is 90.8 cm³/mol. The van der Waals surface area contributed by atoms with Crippen LogP contribution in [0.3, 0.4) is 0 Å². The van der Waals surface area contributed by atoms with E-state index in [2.05, 4.69) is 33.9 Å². The van der Waals surface area contributed by atoms with Gasteiger partial charge in [0.25, 0.3) is 0 Å². The van der Waals surface area contributed by atoms with Crippen LogP contribution in [-0.2, 0) is 4.79 Å². The third-order valence-corrected chi connectivity index (χ3v) is 4.87. The van der Waals surface area contributed by atoms with Gasteiger partial charge < -0.3 is 19.6 Å². The summed E-state index contributed by atoms with van der Waals surface area (Å²) >= 11 is 0. The molecule has 0 spiro atoms. The number of piperidine rings is 1. The molecule has 0 aromatic carbocycles. The van der Waals surface area contributed by atoms with Crippen LogP contribution in [0.15, 0.2) is 12.4 Å². The van der Waals surface area contributed by atoms with E-state index in [1.165, 1.54) is 12.8 Å². The molecule has 3 heterocycles. The van der Waals surface area contributed by atoms with Crippen LogP contribution in [-0.4, -0.2) is 85.6 Å². The maximum Gasteiger partial charge on any atom is 0.241 e. The molecular weight excluding hydrogens is 292 g/mol. The number of amides is 1. The molecule has 23 heavy (non-hydrogen) atoms. The first-order valence-corrected chi connectivity index (χ1v) is 8.27. The second-order valence-electron chi connectivity index (χ2n) is 6.68. The van der Waals surface area contributed by atoms with Gasteiger partial charge in [-0.2, -0.15) is 0 Å². The lowest BCUT2D eigenvalue weighted by atomic mass is 10.1. The molecule has 0 saturated carbocycles. The SMILES string of the molecule is CN1CCN(c2cc(N3CCCC(N(C)C)C3)ncn2)CC1=O. The van der Waals surface area contributed by atoms with Gasteiger partial charge in [-0.15, -0.1) is 0 Å². The van der Waals surface area contributed by atoms with Crippen molar-refractivity contribution in [2.24, 2.45) is 0 Å². The van der Waals surface area contributed by atoms with E-state index in [9.17, 15) is 4.79 Å². The van der Waals surface area contributed by atoms with Crippen LogP contribution in [0.5, 0.6) is 0 Å². The van der Waals surface area contributed by atoms with Crippen LogP contribution in [0.4, 0.5) is 11.6 Å². The number of carbonyl (C=O) groups is 1. The zero-order valence-corrected chi connectivity index (χ0v) is 14.3. The zero-order valence-electron chi connectivity index (χ0n) is 14.3. The van der Waals surface area contributed by atoms with E-state index < -0.39 is 0 Å². The van der Waals surface area contributed by atoms with E-state index in [1.807, 2.05) is 18.0 Å². The number of carbonyl (C=O) groups excluding carboxylic acids is 1. The number of nitrogens with zero attached hydrogens (tertiary/aromatic N) is 6. The second-order valence-corrected chi connectivity index (χ2v) is 6.68. The van der Waals surface area contributed by atoms with Gasteiger partial charge in [0.1, 0.15) is 18.0 Å². The zero-order chi connectivity index (χ0) is 16.4. The molecule has 7 heteroatoms. The summed E-state index contributed by atoms with van der Waals surface area (Å²) in [5.41, 5.74) is 0. The first-order valence-electron chi connectivity index (χ1n) is 8.27. The number of piperazine rings is 1. The first-order chi connectivity index (χ1) is 11.0. The summed E-state index contributed by atoms with van der Waals surface area (Å²) in [6.07, 6.45) is 4.02. The van der Waals surface area contributed by atoms with Crippen molar-refractivity contribution in [1.29, 1.82) is 0 Å². The smallest absolute Gasteiger partial charge is 0.241 e. The molecule has 1 unspecified atom stereocenters. The van der Waals surface area contributed by atoms with Crippen LogP contribution in [0.1, 0.15) is 12.8 Å². The minimum atomic E-state index is 0.141. The van der Waals surface area contributed by atoms with E-state index in [4.69, 9.17) is 0 Å². The Morgan fingerprint density at radius 1 is 1.13 bits per heavy atom. The number of hydrogen-bond donors (Lipinski definition) is 0. The second kappa shape index (κ2) is 6.70. The molecule has 0 N–H and O–H groups in total. The Morgan fingerprint density at radius 3 is 2.57 bits per heavy atom. The Hall–Kier alpha value is -1.89. The van der Waals surface area contributed by atoms with Crippen LogP contribution >= 0.6 is 0 Å². The normalized spacial score (nSPS) is 22.9. The van der Waals surface area contributed by atoms with Gasteiger partial charge in [-0.05, 0) is 26.9 Å². The highest BCUT2D eigenvalue weighted by molar-refractivity contribution is 5.82. The van der Waals surface area contributed by atoms with Crippen molar-refractivity contribution in [3.63, 3.8) is 0 Å². The molecule has 2 fully saturated rings. The molecule has 7 nitrogen and oxygen atoms in total. The molecule has 2 aliphatic heterocycles. The number of rotatable bonds is 3. The third-order valence-electron chi connectivity index (χ3n) is 4.87. The van der Waals surface area contributed by atoms with Crippen LogP contribution < -0.4 is 9.80 Å². The van der Waals surface area contributed by atoms with Crippen molar-refractivity contribution >= 4 is 17.5 Å². The Labute approximate surface area is 137 Å². The third kappa shape index (κ3) is 3.55. The fourth-order valence-electron chi connectivity index (χ4n) is 3.22. The van der Waals surface area contributed by atoms with Crippen molar-refractivity contribution in [2.75, 3.05) is 63.7 Å². The van der Waals surface area contributed by atoms with Crippen molar-refractivity contribution in [1.82, 2.24) is 19.8 Å². The maximum atomic E-state index is 11.9. The minimum Gasteiger partial charge on any atom is -0.355 e. The fraction of sp³-hybridized carbons (Fsp3) is 0.688. The van der Waals surface area contributed by atoms with Gasteiger partial charge >= 0.3 is 0 Å². The summed E-state index contributed by atoms with van der Waals surface area (Å²) in [7, 11) is 6.12. The van der Waals surface area contributed by atoms with Gasteiger partial charge in [0.15, 0.2) is 0 Å². The lowest BCUT2D eigenvalue weighted by molar-refractivity contribution is -0.129. The lowest BCUT2D eigenvalue weighted by Crippen LogP contribution is -2.49. The standard InChI is InChI=1S/C16H26N6O/c1-19(2)13-5-4-6-21(10-13)14-9-15(18-12-17-14)22-8-7-20(3)16(23)11-22/h9,12-13H,4-8,10-11H2,1-3H3. The van der Waals surface area contributed by atoms with Gasteiger partial charge in [0.05, 0.1) is 6.54 Å². The van der Waals surface area contributed by atoms with E-state index in [0.717, 1.165) is 37.8 Å². The van der Waals surface area contributed by atoms with Crippen LogP contribution in [0.2, 0.25) is 0 Å². The molecular formula is C16H26N6O. The average molecular weight is 318 g/mol. The molecule has 0 aliphatic carbocycles. The van der Waals surface area contributed by atoms with Crippen molar-refractivity contribution in [3.05, 3.63) is 12.4 Å². The minimum absolute atomic E-state index is 0.141. The van der Waals surface area contributed by atoms with Gasteiger partial charge in [-0.1, -0.05) is 0 Å². The molecule has 1 atom stereocenters. The summed E-state index contributed by atoms with van der Waals surface area (Å²) in [6, 6.07) is 2.59. The van der Waals surface area contributed by atoms with Crippen molar-refractivity contribution < 1.29 is 4.79 Å². The van der Waals surface area contributed by atoms with Gasteiger partial charge in [-0.25, -0.2) is 9.97 Å². The summed E-state index contributed by atoms with van der Waals surface area (Å²) < 4.78 is 0. The van der Waals surface area contributed by atoms with E-state index >= 15 is 0 Å². The summed E-state index contributed by atoms with van der Waals surface area (Å²) in [4.78, 5) is 29.2. The van der Waals surface area contributed by atoms with Crippen molar-refractivity contribution in [2.45, 2.75) is 18.9 Å². The maximum absolute atomic E-state index is 11.9. The first kappa shape index (κ1) is 16.0. The van der Waals surface area contributed by atoms with Crippen LogP contribution in [0.25, 0.3) is 0 Å². The highest BCUT2D eigenvalue weighted by Gasteiger charge is 2.25. The summed E-state index contributed by atoms with van der Waals surface area (Å²) in [5.74, 6) is 1.96. The molecule has 126 valence electrons. The van der Waals surface area contributed by atoms with Gasteiger partial charge in [-0.3, -0.25) is 4.79 Å². The number of aromatic nitrogens is 2. The largest absolute Gasteiger partial charge is 0.355 e. The lowest BCUT2D eigenvalue weighted by Gasteiger charge is -2.37. The number of likely N-dealkylation sites (N-methyl/N-ethyl adjacent to an activating group) is 2. The predicted octanol–water partition coefficient (Wildman–Crippen LogP) is 0.285. The number of hydrogen-bond acceptors (Lipinski definition) is 6. The topological polar surface area (TPSA) is 55.8 Å². The van der Waals surface area contributed by atoms with Gasteiger partial charge in [0.2, 0.25) is 5.91 Å². The van der Waals surface area contributed by atoms with E-state index in [1.54, 1.807) is 11.2 Å². The fourth-order valence-corrected chi connectivity index (χ4v) is 3.22. The quantitative estimate of drug-likeness (QED) is 0.798. The Bertz CT molecular complexity index is 563. The Morgan fingerprint density at radius 2 is 1.87 bits per heavy atom. The van der Waals surface area contributed by atoms with E-state index in [0.29, 0.717) is 12.6 Å². The van der Waals surface area contributed by atoms with E-state index in [-0.39, 0.29) is 5.91 Å².